The fourth-order valence-electron chi connectivity index (χ4n) is 5.00. The zero-order chi connectivity index (χ0) is 29.8. The molecule has 1 heterocycles. The van der Waals surface area contributed by atoms with E-state index in [0.717, 1.165) is 5.56 Å². The van der Waals surface area contributed by atoms with Crippen LogP contribution >= 0.6 is 0 Å². The molecule has 0 radical (unpaired) electrons. The van der Waals surface area contributed by atoms with Gasteiger partial charge in [-0.15, -0.1) is 0 Å². The molecule has 0 saturated heterocycles. The maximum absolute atomic E-state index is 14.0. The molecule has 3 aromatic carbocycles. The average Bonchev–Trinajstić information content (AvgIpc) is 2.95. The van der Waals surface area contributed by atoms with Crippen LogP contribution in [-0.4, -0.2) is 69.8 Å². The van der Waals surface area contributed by atoms with E-state index in [9.17, 15) is 27.9 Å². The molecule has 4 rings (SSSR count). The Balaban J connectivity index is 1.72. The molecule has 1 aliphatic rings. The summed E-state index contributed by atoms with van der Waals surface area (Å²) < 4.78 is 39.0. The van der Waals surface area contributed by atoms with Crippen LogP contribution in [0.4, 0.5) is 5.69 Å². The summed E-state index contributed by atoms with van der Waals surface area (Å²) in [6.07, 6.45) is 1.04. The van der Waals surface area contributed by atoms with Gasteiger partial charge in [0.25, 0.3) is 0 Å². The summed E-state index contributed by atoms with van der Waals surface area (Å²) in [5.41, 5.74) is 1.59. The maximum Gasteiger partial charge on any atom is 0.341 e. The number of sulfonamides is 1. The van der Waals surface area contributed by atoms with Crippen molar-refractivity contribution < 1.29 is 42.5 Å². The number of nitrogens with one attached hydrogen (secondary N) is 1. The van der Waals surface area contributed by atoms with Crippen LogP contribution in [0.5, 0.6) is 11.5 Å². The van der Waals surface area contributed by atoms with Crippen molar-refractivity contribution in [3.8, 4) is 11.5 Å². The van der Waals surface area contributed by atoms with Crippen LogP contribution in [0.3, 0.4) is 0 Å². The van der Waals surface area contributed by atoms with Crippen molar-refractivity contribution in [2.75, 3.05) is 27.3 Å². The summed E-state index contributed by atoms with van der Waals surface area (Å²) in [7, 11) is -0.853. The minimum Gasteiger partial charge on any atom is -0.497 e. The molecule has 216 valence electrons. The molecule has 0 bridgehead atoms. The number of carbonyl (C=O) groups excluding carboxylic acids is 1. The molecule has 3 aromatic rings. The maximum atomic E-state index is 14.0. The van der Waals surface area contributed by atoms with E-state index in [-0.39, 0.29) is 33.7 Å². The number of aryl methyl sites for hydroxylation is 1. The Kier molecular flexibility index (Phi) is 8.76. The van der Waals surface area contributed by atoms with Gasteiger partial charge in [-0.25, -0.2) is 27.3 Å². The highest BCUT2D eigenvalue weighted by molar-refractivity contribution is 7.89. The fourth-order valence-corrected chi connectivity index (χ4v) is 6.21. The number of methoxy groups -OCH3 is 1. The molecule has 0 spiro atoms. The molecule has 1 amide bonds. The molecule has 12 heteroatoms. The molecule has 1 unspecified atom stereocenters. The first kappa shape index (κ1) is 29.7. The van der Waals surface area contributed by atoms with Crippen molar-refractivity contribution >= 4 is 33.6 Å². The summed E-state index contributed by atoms with van der Waals surface area (Å²) in [5.74, 6) is -2.54. The van der Waals surface area contributed by atoms with Gasteiger partial charge in [-0.2, -0.15) is 4.72 Å². The number of amides is 1. The number of carbonyl (C=O) groups is 3. The van der Waals surface area contributed by atoms with E-state index < -0.39 is 40.5 Å². The van der Waals surface area contributed by atoms with Crippen molar-refractivity contribution in [1.29, 1.82) is 0 Å². The number of hydrogen-bond acceptors (Lipinski definition) is 7. The van der Waals surface area contributed by atoms with Crippen LogP contribution in [0.1, 0.15) is 27.9 Å². The third-order valence-electron chi connectivity index (χ3n) is 7.08. The molecular weight excluding hydrogens is 552 g/mol. The van der Waals surface area contributed by atoms with E-state index in [1.54, 1.807) is 32.4 Å². The van der Waals surface area contributed by atoms with Gasteiger partial charge in [0.1, 0.15) is 28.8 Å². The molecule has 1 aliphatic heterocycles. The van der Waals surface area contributed by atoms with Gasteiger partial charge >= 0.3 is 17.8 Å². The third kappa shape index (κ3) is 6.56. The number of fused-ring (bicyclic) bond motifs is 1. The number of aromatic carboxylic acids is 1. The Bertz CT molecular complexity index is 1560. The van der Waals surface area contributed by atoms with E-state index in [4.69, 9.17) is 14.6 Å². The molecule has 0 fully saturated rings. The summed E-state index contributed by atoms with van der Waals surface area (Å²) in [4.78, 5) is 37.2. The zero-order valence-electron chi connectivity index (χ0n) is 22.6. The standard InChI is InChI=1S/C29H30N2O9S/c1-31(14-6-7-19-10-12-21(39-2)13-11-19)25-17-26(40-18-27(32)33)23(29(35)36)15-20(25)16-24(28(31)34)30-41(37,38)22-8-4-3-5-9-22/h3-5,8-13,15,17,24,30H,6-7,14,16,18H2,1-2H3,(H-,32,33,35,36)/p+1/t24-,31?/m0/s1. The molecule has 0 saturated carbocycles. The number of likely N-dealkylation sites (N-methyl/N-ethyl adjacent to an activating group) is 1. The number of hydrogen-bond donors (Lipinski definition) is 3. The highest BCUT2D eigenvalue weighted by Crippen LogP contribution is 2.39. The van der Waals surface area contributed by atoms with Gasteiger partial charge in [0.15, 0.2) is 6.61 Å². The van der Waals surface area contributed by atoms with Crippen LogP contribution in [0.25, 0.3) is 0 Å². The SMILES string of the molecule is COc1ccc(CCC[N+]2(C)C(=O)[C@@H](NS(=O)(=O)c3ccccc3)Cc3cc(C(=O)O)c(OCC(=O)O)cc32)cc1. The zero-order valence-corrected chi connectivity index (χ0v) is 23.4. The average molecular weight is 584 g/mol. The number of nitrogens with zero attached hydrogens (tertiary/aromatic N) is 1. The summed E-state index contributed by atoms with van der Waals surface area (Å²) in [6.45, 7) is -0.514. The van der Waals surface area contributed by atoms with Crippen LogP contribution in [0, 0.1) is 0 Å². The third-order valence-corrected chi connectivity index (χ3v) is 8.57. The van der Waals surface area contributed by atoms with Gasteiger partial charge in [0.05, 0.1) is 25.6 Å². The van der Waals surface area contributed by atoms with Crippen LogP contribution < -0.4 is 18.7 Å². The molecule has 0 aliphatic carbocycles. The largest absolute Gasteiger partial charge is 0.497 e. The number of ether oxygens (including phenoxy) is 2. The smallest absolute Gasteiger partial charge is 0.341 e. The summed E-state index contributed by atoms with van der Waals surface area (Å²) in [5, 5.41) is 18.9. The summed E-state index contributed by atoms with van der Waals surface area (Å²) >= 11 is 0. The number of carboxylic acid groups (broad SMARTS) is 2. The topological polar surface area (TPSA) is 156 Å². The van der Waals surface area contributed by atoms with Gasteiger partial charge < -0.3 is 19.7 Å². The first-order valence-electron chi connectivity index (χ1n) is 12.8. The fraction of sp³-hybridized carbons (Fsp3) is 0.276. The number of benzene rings is 3. The lowest BCUT2D eigenvalue weighted by molar-refractivity contribution is -0.139. The Morgan fingerprint density at radius 1 is 1.05 bits per heavy atom. The van der Waals surface area contributed by atoms with Gasteiger partial charge in [0.2, 0.25) is 10.0 Å². The quantitative estimate of drug-likeness (QED) is 0.273. The Labute approximate surface area is 237 Å². The van der Waals surface area contributed by atoms with Crippen LogP contribution in [0.2, 0.25) is 0 Å². The van der Waals surface area contributed by atoms with Crippen molar-refractivity contribution in [2.24, 2.45) is 0 Å². The highest BCUT2D eigenvalue weighted by atomic mass is 32.2. The molecule has 3 N–H and O–H groups in total. The lowest BCUT2D eigenvalue weighted by atomic mass is 9.92. The Hall–Kier alpha value is -4.26. The predicted octanol–water partition coefficient (Wildman–Crippen LogP) is 2.86. The summed E-state index contributed by atoms with van der Waals surface area (Å²) in [6, 6.07) is 16.7. The first-order chi connectivity index (χ1) is 19.4. The lowest BCUT2D eigenvalue weighted by Crippen LogP contribution is -2.63. The highest BCUT2D eigenvalue weighted by Gasteiger charge is 2.48. The normalized spacial score (nSPS) is 18.4. The van der Waals surface area contributed by atoms with E-state index >= 15 is 0 Å². The first-order valence-corrected chi connectivity index (χ1v) is 14.3. The van der Waals surface area contributed by atoms with E-state index in [2.05, 4.69) is 4.72 Å². The van der Waals surface area contributed by atoms with Crippen molar-refractivity contribution in [3.63, 3.8) is 0 Å². The number of carboxylic acids is 2. The van der Waals surface area contributed by atoms with Gasteiger partial charge in [-0.1, -0.05) is 30.3 Å². The second-order valence-corrected chi connectivity index (χ2v) is 11.6. The monoisotopic (exact) mass is 583 g/mol. The lowest BCUT2D eigenvalue weighted by Gasteiger charge is -2.39. The van der Waals surface area contributed by atoms with Gasteiger partial charge in [-0.05, 0) is 42.3 Å². The Morgan fingerprint density at radius 2 is 1.73 bits per heavy atom. The van der Waals surface area contributed by atoms with E-state index in [0.29, 0.717) is 29.8 Å². The molecule has 2 atom stereocenters. The molecular formula is C29H31N2O9S+. The molecule has 11 nitrogen and oxygen atoms in total. The molecule has 41 heavy (non-hydrogen) atoms. The minimum atomic E-state index is -4.07. The minimum absolute atomic E-state index is 0.00375. The van der Waals surface area contributed by atoms with E-state index in [1.165, 1.54) is 24.3 Å². The van der Waals surface area contributed by atoms with Crippen molar-refractivity contribution in [2.45, 2.75) is 30.2 Å². The van der Waals surface area contributed by atoms with E-state index in [1.807, 2.05) is 24.3 Å². The van der Waals surface area contributed by atoms with Gasteiger partial charge in [-0.3, -0.25) is 0 Å². The van der Waals surface area contributed by atoms with Crippen molar-refractivity contribution in [1.82, 2.24) is 9.21 Å². The Morgan fingerprint density at radius 3 is 2.34 bits per heavy atom. The number of aliphatic carboxylic acids is 1. The van der Waals surface area contributed by atoms with Crippen molar-refractivity contribution in [3.05, 3.63) is 83.4 Å². The van der Waals surface area contributed by atoms with Crippen LogP contribution in [0.15, 0.2) is 71.6 Å². The second kappa shape index (κ2) is 12.1. The molecule has 0 aromatic heterocycles. The number of quaternary nitrogens is 1. The van der Waals surface area contributed by atoms with Gasteiger partial charge in [0, 0.05) is 24.5 Å². The number of rotatable bonds is 12. The van der Waals surface area contributed by atoms with Crippen LogP contribution in [-0.2, 0) is 32.5 Å². The second-order valence-electron chi connectivity index (χ2n) is 9.86. The predicted molar refractivity (Wildman–Crippen MR) is 150 cm³/mol.